The summed E-state index contributed by atoms with van der Waals surface area (Å²) < 4.78 is 13.0. The lowest BCUT2D eigenvalue weighted by Crippen LogP contribution is -2.14. The number of hydrogen-bond donors (Lipinski definition) is 1. The Balaban J connectivity index is 1.34. The van der Waals surface area contributed by atoms with Gasteiger partial charge in [0.15, 0.2) is 5.78 Å². The Morgan fingerprint density at radius 3 is 2.39 bits per heavy atom. The van der Waals surface area contributed by atoms with Crippen LogP contribution in [0.25, 0.3) is 28.4 Å². The number of thioether (sulfide) groups is 1. The molecule has 2 heterocycles. The third-order valence-corrected chi connectivity index (χ3v) is 6.46. The second-order valence-corrected chi connectivity index (χ2v) is 9.17. The van der Waals surface area contributed by atoms with Gasteiger partial charge in [0.05, 0.1) is 24.1 Å². The lowest BCUT2D eigenvalue weighted by Gasteiger charge is -2.04. The predicted octanol–water partition coefficient (Wildman–Crippen LogP) is 5.53. The second kappa shape index (κ2) is 11.1. The van der Waals surface area contributed by atoms with Crippen molar-refractivity contribution >= 4 is 29.1 Å². The van der Waals surface area contributed by atoms with E-state index in [0.717, 1.165) is 28.8 Å². The Kier molecular flexibility index (Phi) is 7.32. The lowest BCUT2D eigenvalue weighted by atomic mass is 10.1. The highest BCUT2D eigenvalue weighted by molar-refractivity contribution is 7.99. The van der Waals surface area contributed by atoms with E-state index < -0.39 is 0 Å². The van der Waals surface area contributed by atoms with Crippen molar-refractivity contribution in [3.05, 3.63) is 90.6 Å². The number of amides is 1. The van der Waals surface area contributed by atoms with E-state index >= 15 is 0 Å². The number of benzene rings is 3. The molecule has 190 valence electrons. The number of ketones is 1. The normalized spacial score (nSPS) is 10.8. The summed E-state index contributed by atoms with van der Waals surface area (Å²) in [6.07, 6.45) is 1.84. The molecule has 0 saturated heterocycles. The van der Waals surface area contributed by atoms with Gasteiger partial charge in [-0.05, 0) is 67.6 Å². The maximum absolute atomic E-state index is 12.4. The largest absolute Gasteiger partial charge is 0.497 e. The van der Waals surface area contributed by atoms with Crippen LogP contribution in [0.4, 0.5) is 5.69 Å². The molecular weight excluding hydrogens is 502 g/mol. The van der Waals surface area contributed by atoms with Crippen LogP contribution in [0.1, 0.15) is 17.3 Å². The average molecular weight is 526 g/mol. The molecular formula is C28H23N5O4S. The number of rotatable bonds is 9. The summed E-state index contributed by atoms with van der Waals surface area (Å²) in [6.45, 7) is 1.50. The molecule has 0 radical (unpaired) electrons. The van der Waals surface area contributed by atoms with Gasteiger partial charge in [-0.15, -0.1) is 10.2 Å². The standard InChI is InChI=1S/C28H23N5O4S/c1-18(34)19-8-12-21(13-9-19)29-25(35)17-38-28-31-30-27(37-28)24-16-33(22-6-4-3-5-7-22)32-26(24)20-10-14-23(36-2)15-11-20/h3-16H,17H2,1-2H3,(H,29,35). The second-order valence-electron chi connectivity index (χ2n) is 8.24. The van der Waals surface area contributed by atoms with Crippen molar-refractivity contribution in [1.29, 1.82) is 0 Å². The first kappa shape index (κ1) is 25.0. The number of methoxy groups -OCH3 is 1. The first-order chi connectivity index (χ1) is 18.5. The van der Waals surface area contributed by atoms with E-state index in [2.05, 4.69) is 15.5 Å². The Morgan fingerprint density at radius 2 is 1.71 bits per heavy atom. The van der Waals surface area contributed by atoms with Gasteiger partial charge in [-0.2, -0.15) is 5.10 Å². The van der Waals surface area contributed by atoms with Crippen LogP contribution >= 0.6 is 11.8 Å². The fraction of sp³-hybridized carbons (Fsp3) is 0.107. The zero-order chi connectivity index (χ0) is 26.5. The Labute approximate surface area is 222 Å². The van der Waals surface area contributed by atoms with Gasteiger partial charge in [0, 0.05) is 23.0 Å². The average Bonchev–Trinajstić information content (AvgIpc) is 3.60. The van der Waals surface area contributed by atoms with E-state index in [-0.39, 0.29) is 22.7 Å². The molecule has 5 rings (SSSR count). The molecule has 0 atom stereocenters. The van der Waals surface area contributed by atoms with Gasteiger partial charge in [-0.25, -0.2) is 4.68 Å². The van der Waals surface area contributed by atoms with E-state index in [1.54, 1.807) is 36.1 Å². The topological polar surface area (TPSA) is 112 Å². The molecule has 0 bridgehead atoms. The first-order valence-corrected chi connectivity index (χ1v) is 12.7. The number of hydrogen-bond acceptors (Lipinski definition) is 8. The fourth-order valence-corrected chi connectivity index (χ4v) is 4.26. The number of ether oxygens (including phenoxy) is 1. The smallest absolute Gasteiger partial charge is 0.277 e. The minimum Gasteiger partial charge on any atom is -0.497 e. The van der Waals surface area contributed by atoms with Crippen LogP contribution in [-0.4, -0.2) is 44.5 Å². The zero-order valence-electron chi connectivity index (χ0n) is 20.6. The van der Waals surface area contributed by atoms with Crippen molar-refractivity contribution in [2.75, 3.05) is 18.2 Å². The van der Waals surface area contributed by atoms with Crippen LogP contribution in [0, 0.1) is 0 Å². The number of nitrogens with zero attached hydrogens (tertiary/aromatic N) is 4. The first-order valence-electron chi connectivity index (χ1n) is 11.7. The summed E-state index contributed by atoms with van der Waals surface area (Å²) in [4.78, 5) is 23.8. The van der Waals surface area contributed by atoms with Crippen LogP contribution in [-0.2, 0) is 4.79 Å². The van der Waals surface area contributed by atoms with E-state index in [4.69, 9.17) is 14.3 Å². The van der Waals surface area contributed by atoms with Gasteiger partial charge in [-0.1, -0.05) is 30.0 Å². The summed E-state index contributed by atoms with van der Waals surface area (Å²) in [5.74, 6) is 0.837. The number of carbonyl (C=O) groups excluding carboxylic acids is 2. The van der Waals surface area contributed by atoms with Crippen molar-refractivity contribution in [2.45, 2.75) is 12.1 Å². The van der Waals surface area contributed by atoms with E-state index in [0.29, 0.717) is 28.4 Å². The highest BCUT2D eigenvalue weighted by Gasteiger charge is 2.20. The molecule has 5 aromatic rings. The summed E-state index contributed by atoms with van der Waals surface area (Å²) in [5, 5.41) is 16.2. The monoisotopic (exact) mass is 525 g/mol. The zero-order valence-corrected chi connectivity index (χ0v) is 21.4. The molecule has 1 N–H and O–H groups in total. The van der Waals surface area contributed by atoms with Crippen molar-refractivity contribution in [3.63, 3.8) is 0 Å². The summed E-state index contributed by atoms with van der Waals surface area (Å²) in [6, 6.07) is 24.0. The third kappa shape index (κ3) is 5.65. The number of carbonyl (C=O) groups is 2. The minimum atomic E-state index is -0.235. The maximum atomic E-state index is 12.4. The van der Waals surface area contributed by atoms with Gasteiger partial charge in [0.25, 0.3) is 11.1 Å². The van der Waals surface area contributed by atoms with Crippen LogP contribution in [0.15, 0.2) is 94.7 Å². The molecule has 38 heavy (non-hydrogen) atoms. The van der Waals surface area contributed by atoms with Crippen LogP contribution in [0.2, 0.25) is 0 Å². The lowest BCUT2D eigenvalue weighted by molar-refractivity contribution is -0.113. The SMILES string of the molecule is COc1ccc(-c2nn(-c3ccccc3)cc2-c2nnc(SCC(=O)Nc3ccc(C(C)=O)cc3)o2)cc1. The summed E-state index contributed by atoms with van der Waals surface area (Å²) in [7, 11) is 1.62. The Bertz CT molecular complexity index is 1560. The molecule has 1 amide bonds. The summed E-state index contributed by atoms with van der Waals surface area (Å²) >= 11 is 1.13. The number of anilines is 1. The van der Waals surface area contributed by atoms with Gasteiger partial charge in [-0.3, -0.25) is 9.59 Å². The third-order valence-electron chi connectivity index (χ3n) is 5.64. The van der Waals surface area contributed by atoms with Crippen molar-refractivity contribution in [2.24, 2.45) is 0 Å². The molecule has 0 spiro atoms. The van der Waals surface area contributed by atoms with Crippen molar-refractivity contribution in [3.8, 4) is 34.1 Å². The Hall–Kier alpha value is -4.70. The number of nitrogens with one attached hydrogen (secondary N) is 1. The fourth-order valence-electron chi connectivity index (χ4n) is 3.70. The molecule has 2 aromatic heterocycles. The molecule has 0 aliphatic rings. The molecule has 0 unspecified atom stereocenters. The molecule has 3 aromatic carbocycles. The molecule has 0 fully saturated rings. The Morgan fingerprint density at radius 1 is 0.974 bits per heavy atom. The van der Waals surface area contributed by atoms with Gasteiger partial charge < -0.3 is 14.5 Å². The molecule has 0 aliphatic carbocycles. The van der Waals surface area contributed by atoms with E-state index in [1.165, 1.54) is 6.92 Å². The maximum Gasteiger partial charge on any atom is 0.277 e. The van der Waals surface area contributed by atoms with Crippen LogP contribution < -0.4 is 10.1 Å². The molecule has 0 saturated carbocycles. The predicted molar refractivity (Wildman–Crippen MR) is 145 cm³/mol. The van der Waals surface area contributed by atoms with Gasteiger partial charge >= 0.3 is 0 Å². The number of para-hydroxylation sites is 1. The number of aromatic nitrogens is 4. The molecule has 10 heteroatoms. The summed E-state index contributed by atoms with van der Waals surface area (Å²) in [5.41, 5.74) is 4.26. The highest BCUT2D eigenvalue weighted by Crippen LogP contribution is 2.33. The van der Waals surface area contributed by atoms with Crippen LogP contribution in [0.3, 0.4) is 0 Å². The van der Waals surface area contributed by atoms with Gasteiger partial charge in [0.2, 0.25) is 5.91 Å². The number of Topliss-reactive ketones (excluding diaryl/α,β-unsaturated/α-hetero) is 1. The van der Waals surface area contributed by atoms with Crippen molar-refractivity contribution < 1.29 is 18.7 Å². The minimum absolute atomic E-state index is 0.0323. The molecule has 9 nitrogen and oxygen atoms in total. The van der Waals surface area contributed by atoms with E-state index in [9.17, 15) is 9.59 Å². The van der Waals surface area contributed by atoms with Gasteiger partial charge in [0.1, 0.15) is 11.4 Å². The molecule has 0 aliphatic heterocycles. The quantitative estimate of drug-likeness (QED) is 0.197. The van der Waals surface area contributed by atoms with E-state index in [1.807, 2.05) is 60.8 Å². The van der Waals surface area contributed by atoms with Crippen LogP contribution in [0.5, 0.6) is 5.75 Å². The highest BCUT2D eigenvalue weighted by atomic mass is 32.2. The van der Waals surface area contributed by atoms with Crippen molar-refractivity contribution in [1.82, 2.24) is 20.0 Å².